The zero-order valence-electron chi connectivity index (χ0n) is 9.87. The molecule has 4 nitrogen and oxygen atoms in total. The first kappa shape index (κ1) is 12.2. The molecule has 0 aliphatic heterocycles. The summed E-state index contributed by atoms with van der Waals surface area (Å²) >= 11 is 2.25. The van der Waals surface area contributed by atoms with Crippen molar-refractivity contribution in [2.75, 3.05) is 11.1 Å². The van der Waals surface area contributed by atoms with Gasteiger partial charge in [-0.1, -0.05) is 0 Å². The lowest BCUT2D eigenvalue weighted by Gasteiger charge is -2.08. The van der Waals surface area contributed by atoms with Crippen molar-refractivity contribution in [3.63, 3.8) is 0 Å². The molecule has 2 aromatic rings. The quantitative estimate of drug-likeness (QED) is 0.666. The van der Waals surface area contributed by atoms with Crippen LogP contribution in [0.15, 0.2) is 24.4 Å². The van der Waals surface area contributed by atoms with E-state index in [0.29, 0.717) is 0 Å². The molecule has 90 valence electrons. The van der Waals surface area contributed by atoms with Gasteiger partial charge in [-0.3, -0.25) is 4.68 Å². The number of aryl methyl sites for hydroxylation is 2. The predicted molar refractivity (Wildman–Crippen MR) is 78.8 cm³/mol. The molecule has 3 N–H and O–H groups in total. The third-order valence-corrected chi connectivity index (χ3v) is 3.27. The molecule has 0 aliphatic carbocycles. The summed E-state index contributed by atoms with van der Waals surface area (Å²) in [6.07, 6.45) is 2.02. The van der Waals surface area contributed by atoms with Crippen LogP contribution in [-0.2, 0) is 13.6 Å². The number of anilines is 2. The van der Waals surface area contributed by atoms with Crippen molar-refractivity contribution in [1.82, 2.24) is 9.78 Å². The van der Waals surface area contributed by atoms with Crippen LogP contribution in [0.25, 0.3) is 0 Å². The van der Waals surface area contributed by atoms with E-state index in [9.17, 15) is 0 Å². The normalized spacial score (nSPS) is 10.5. The number of nitrogens with zero attached hydrogens (tertiary/aromatic N) is 2. The minimum atomic E-state index is 0.741. The average Bonchev–Trinajstić information content (AvgIpc) is 2.56. The maximum Gasteiger partial charge on any atom is 0.0643 e. The highest BCUT2D eigenvalue weighted by Crippen LogP contribution is 2.21. The second kappa shape index (κ2) is 4.95. The number of nitrogen functional groups attached to an aromatic ring is 1. The van der Waals surface area contributed by atoms with Gasteiger partial charge in [-0.15, -0.1) is 0 Å². The van der Waals surface area contributed by atoms with Crippen LogP contribution in [0.1, 0.15) is 11.3 Å². The number of benzene rings is 1. The highest BCUT2D eigenvalue weighted by molar-refractivity contribution is 14.1. The summed E-state index contributed by atoms with van der Waals surface area (Å²) in [7, 11) is 1.93. The van der Waals surface area contributed by atoms with Crippen LogP contribution in [0.5, 0.6) is 0 Å². The topological polar surface area (TPSA) is 55.9 Å². The molecule has 0 amide bonds. The van der Waals surface area contributed by atoms with Crippen LogP contribution >= 0.6 is 22.6 Å². The third kappa shape index (κ3) is 2.91. The molecular formula is C12H15IN4. The molecule has 0 atom stereocenters. The van der Waals surface area contributed by atoms with Gasteiger partial charge in [0.2, 0.25) is 0 Å². The predicted octanol–water partition coefficient (Wildman–Crippen LogP) is 2.53. The first-order valence-corrected chi connectivity index (χ1v) is 6.42. The minimum absolute atomic E-state index is 0.741. The largest absolute Gasteiger partial charge is 0.397 e. The summed E-state index contributed by atoms with van der Waals surface area (Å²) in [6, 6.07) is 6.00. The highest BCUT2D eigenvalue weighted by atomic mass is 127. The van der Waals surface area contributed by atoms with E-state index < -0.39 is 0 Å². The second-order valence-electron chi connectivity index (χ2n) is 4.00. The van der Waals surface area contributed by atoms with Crippen molar-refractivity contribution in [3.05, 3.63) is 39.2 Å². The fourth-order valence-corrected chi connectivity index (χ4v) is 2.22. The van der Waals surface area contributed by atoms with E-state index in [4.69, 9.17) is 5.73 Å². The Bertz CT molecular complexity index is 533. The Kier molecular flexibility index (Phi) is 3.56. The molecule has 0 unspecified atom stereocenters. The molecule has 1 aromatic heterocycles. The van der Waals surface area contributed by atoms with Gasteiger partial charge >= 0.3 is 0 Å². The van der Waals surface area contributed by atoms with Crippen molar-refractivity contribution < 1.29 is 0 Å². The van der Waals surface area contributed by atoms with Gasteiger partial charge in [-0.25, -0.2) is 0 Å². The van der Waals surface area contributed by atoms with Crippen LogP contribution in [0, 0.1) is 10.5 Å². The smallest absolute Gasteiger partial charge is 0.0643 e. The number of aromatic nitrogens is 2. The fraction of sp³-hybridized carbons (Fsp3) is 0.250. The summed E-state index contributed by atoms with van der Waals surface area (Å²) in [4.78, 5) is 0. The maximum absolute atomic E-state index is 5.94. The lowest BCUT2D eigenvalue weighted by atomic mass is 10.2. The SMILES string of the molecule is Cc1nn(C)cc1CNc1ccc(I)cc1N. The summed E-state index contributed by atoms with van der Waals surface area (Å²) in [6.45, 7) is 2.75. The van der Waals surface area contributed by atoms with Crippen LogP contribution in [-0.4, -0.2) is 9.78 Å². The van der Waals surface area contributed by atoms with Crippen LogP contribution in [0.3, 0.4) is 0 Å². The molecule has 0 bridgehead atoms. The highest BCUT2D eigenvalue weighted by Gasteiger charge is 2.04. The molecule has 0 spiro atoms. The summed E-state index contributed by atoms with van der Waals surface area (Å²) in [5.74, 6) is 0. The van der Waals surface area contributed by atoms with Gasteiger partial charge in [0.1, 0.15) is 0 Å². The number of rotatable bonds is 3. The molecule has 0 fully saturated rings. The number of hydrogen-bond acceptors (Lipinski definition) is 3. The van der Waals surface area contributed by atoms with Gasteiger partial charge in [0, 0.05) is 28.9 Å². The lowest BCUT2D eigenvalue weighted by molar-refractivity contribution is 0.756. The lowest BCUT2D eigenvalue weighted by Crippen LogP contribution is -2.03. The molecule has 17 heavy (non-hydrogen) atoms. The first-order valence-electron chi connectivity index (χ1n) is 5.34. The Labute approximate surface area is 114 Å². The third-order valence-electron chi connectivity index (χ3n) is 2.60. The fourth-order valence-electron chi connectivity index (χ4n) is 1.71. The van der Waals surface area contributed by atoms with Gasteiger partial charge in [0.25, 0.3) is 0 Å². The standard InChI is InChI=1S/C12H15IN4/c1-8-9(7-17(2)16-8)6-15-12-4-3-10(13)5-11(12)14/h3-5,7,15H,6,14H2,1-2H3. The number of halogens is 1. The van der Waals surface area contributed by atoms with Crippen LogP contribution < -0.4 is 11.1 Å². The molecule has 1 heterocycles. The van der Waals surface area contributed by atoms with E-state index >= 15 is 0 Å². The summed E-state index contributed by atoms with van der Waals surface area (Å²) < 4.78 is 2.96. The molecule has 0 saturated heterocycles. The Morgan fingerprint density at radius 1 is 1.47 bits per heavy atom. The molecule has 5 heteroatoms. The van der Waals surface area contributed by atoms with E-state index in [1.165, 1.54) is 5.56 Å². The van der Waals surface area contributed by atoms with E-state index in [1.54, 1.807) is 0 Å². The van der Waals surface area contributed by atoms with Gasteiger partial charge in [0.05, 0.1) is 17.1 Å². The van der Waals surface area contributed by atoms with Gasteiger partial charge in [-0.2, -0.15) is 5.10 Å². The molecule has 0 saturated carbocycles. The number of nitrogens with two attached hydrogens (primary N) is 1. The zero-order chi connectivity index (χ0) is 12.4. The molecule has 0 aliphatic rings. The average molecular weight is 342 g/mol. The zero-order valence-corrected chi connectivity index (χ0v) is 12.0. The first-order chi connectivity index (χ1) is 8.06. The monoisotopic (exact) mass is 342 g/mol. The number of nitrogens with one attached hydrogen (secondary N) is 1. The van der Waals surface area contributed by atoms with Gasteiger partial charge in [-0.05, 0) is 47.7 Å². The second-order valence-corrected chi connectivity index (χ2v) is 5.24. The van der Waals surface area contributed by atoms with Crippen molar-refractivity contribution in [3.8, 4) is 0 Å². The molecule has 0 radical (unpaired) electrons. The summed E-state index contributed by atoms with van der Waals surface area (Å²) in [5, 5.41) is 7.63. The molecule has 1 aromatic carbocycles. The Hall–Kier alpha value is -1.24. The van der Waals surface area contributed by atoms with Crippen LogP contribution in [0.4, 0.5) is 11.4 Å². The molecule has 2 rings (SSSR count). The van der Waals surface area contributed by atoms with Crippen molar-refractivity contribution in [2.45, 2.75) is 13.5 Å². The van der Waals surface area contributed by atoms with E-state index in [0.717, 1.165) is 27.2 Å². The Balaban J connectivity index is 2.10. The van der Waals surface area contributed by atoms with E-state index in [2.05, 4.69) is 33.0 Å². The Morgan fingerprint density at radius 3 is 2.82 bits per heavy atom. The molecular weight excluding hydrogens is 327 g/mol. The van der Waals surface area contributed by atoms with Crippen molar-refractivity contribution in [1.29, 1.82) is 0 Å². The number of hydrogen-bond donors (Lipinski definition) is 2. The van der Waals surface area contributed by atoms with E-state index in [-0.39, 0.29) is 0 Å². The van der Waals surface area contributed by atoms with Crippen molar-refractivity contribution >= 4 is 34.0 Å². The Morgan fingerprint density at radius 2 is 2.24 bits per heavy atom. The van der Waals surface area contributed by atoms with Crippen LogP contribution in [0.2, 0.25) is 0 Å². The summed E-state index contributed by atoms with van der Waals surface area (Å²) in [5.41, 5.74) is 9.91. The minimum Gasteiger partial charge on any atom is -0.397 e. The van der Waals surface area contributed by atoms with Gasteiger partial charge < -0.3 is 11.1 Å². The maximum atomic E-state index is 5.94. The van der Waals surface area contributed by atoms with E-state index in [1.807, 2.05) is 43.0 Å². The van der Waals surface area contributed by atoms with Gasteiger partial charge in [0.15, 0.2) is 0 Å². The van der Waals surface area contributed by atoms with Crippen molar-refractivity contribution in [2.24, 2.45) is 7.05 Å².